The molecule has 0 radical (unpaired) electrons. The van der Waals surface area contributed by atoms with Gasteiger partial charge in [-0.3, -0.25) is 4.79 Å². The summed E-state index contributed by atoms with van der Waals surface area (Å²) in [5.74, 6) is -0.888. The van der Waals surface area contributed by atoms with E-state index in [0.717, 1.165) is 11.1 Å². The van der Waals surface area contributed by atoms with Gasteiger partial charge in [-0.05, 0) is 17.2 Å². The van der Waals surface area contributed by atoms with E-state index in [1.54, 1.807) is 35.3 Å². The summed E-state index contributed by atoms with van der Waals surface area (Å²) in [4.78, 5) is 27.9. The Morgan fingerprint density at radius 1 is 1.20 bits per heavy atom. The number of aliphatic hydroxyl groups excluding tert-OH is 1. The molecule has 0 amide bonds. The number of nitrogens with zero attached hydrogens (tertiary/aromatic N) is 2. The monoisotopic (exact) mass is 410 g/mol. The van der Waals surface area contributed by atoms with Crippen molar-refractivity contribution >= 4 is 18.0 Å². The lowest BCUT2D eigenvalue weighted by Gasteiger charge is -2.25. The highest BCUT2D eigenvalue weighted by molar-refractivity contribution is 5.86. The molecule has 1 aliphatic rings. The van der Waals surface area contributed by atoms with Crippen molar-refractivity contribution in [2.75, 3.05) is 0 Å². The van der Waals surface area contributed by atoms with Gasteiger partial charge >= 0.3 is 11.9 Å². The predicted octanol–water partition coefficient (Wildman–Crippen LogP) is 2.38. The summed E-state index contributed by atoms with van der Waals surface area (Å²) < 4.78 is 12.8. The molecule has 7 nitrogen and oxygen atoms in total. The molecule has 1 heterocycles. The van der Waals surface area contributed by atoms with Crippen molar-refractivity contribution in [2.24, 2.45) is 7.05 Å². The average Bonchev–Trinajstić information content (AvgIpc) is 3.11. The first-order valence-electron chi connectivity index (χ1n) is 9.86. The number of carbonyl (C=O) groups excluding carboxylic acids is 2. The molecule has 2 aromatic rings. The molecule has 1 aromatic heterocycles. The Balaban J connectivity index is 1.77. The molecular weight excluding hydrogens is 384 g/mol. The normalized spacial score (nSPS) is 21.8. The molecule has 3 rings (SSSR count). The lowest BCUT2D eigenvalue weighted by atomic mass is 9.93. The van der Waals surface area contributed by atoms with Gasteiger partial charge in [0.05, 0.1) is 12.0 Å². The van der Waals surface area contributed by atoms with Gasteiger partial charge in [-0.25, -0.2) is 9.78 Å². The van der Waals surface area contributed by atoms with E-state index in [0.29, 0.717) is 25.0 Å². The third-order valence-electron chi connectivity index (χ3n) is 4.82. The summed E-state index contributed by atoms with van der Waals surface area (Å²) in [7, 11) is 1.84. The average molecular weight is 410 g/mol. The predicted molar refractivity (Wildman–Crippen MR) is 111 cm³/mol. The Kier molecular flexibility index (Phi) is 7.19. The molecule has 1 aliphatic carbocycles. The summed E-state index contributed by atoms with van der Waals surface area (Å²) in [5.41, 5.74) is 2.58. The SMILES string of the molecule is CC(=O)OC1CC=CC(O)C(OC(=O)C=Cc2cn(C)cn2)Cc2ccccc2C1. The van der Waals surface area contributed by atoms with Gasteiger partial charge in [0, 0.05) is 45.5 Å². The number of fused-ring (bicyclic) bond motifs is 1. The number of aryl methyl sites for hydroxylation is 1. The first-order valence-corrected chi connectivity index (χ1v) is 9.86. The van der Waals surface area contributed by atoms with E-state index in [1.165, 1.54) is 13.0 Å². The number of ether oxygens (including phenoxy) is 2. The maximum atomic E-state index is 12.3. The van der Waals surface area contributed by atoms with Gasteiger partial charge < -0.3 is 19.1 Å². The molecule has 7 heteroatoms. The van der Waals surface area contributed by atoms with E-state index < -0.39 is 18.2 Å². The van der Waals surface area contributed by atoms with Crippen LogP contribution in [0, 0.1) is 0 Å². The Hall–Kier alpha value is -3.19. The summed E-state index contributed by atoms with van der Waals surface area (Å²) in [6.07, 6.45) is 8.97. The maximum Gasteiger partial charge on any atom is 0.331 e. The summed E-state index contributed by atoms with van der Waals surface area (Å²) in [6.45, 7) is 1.39. The number of aromatic nitrogens is 2. The van der Waals surface area contributed by atoms with Crippen LogP contribution in [0.4, 0.5) is 0 Å². The van der Waals surface area contributed by atoms with Gasteiger partial charge in [-0.1, -0.05) is 36.4 Å². The van der Waals surface area contributed by atoms with Gasteiger partial charge in [-0.2, -0.15) is 0 Å². The molecule has 30 heavy (non-hydrogen) atoms. The molecule has 0 spiro atoms. The van der Waals surface area contributed by atoms with Crippen LogP contribution in [-0.4, -0.2) is 44.9 Å². The molecule has 0 bridgehead atoms. The highest BCUT2D eigenvalue weighted by Crippen LogP contribution is 2.21. The van der Waals surface area contributed by atoms with Crippen LogP contribution in [0.25, 0.3) is 6.08 Å². The Labute approximate surface area is 175 Å². The number of imidazole rings is 1. The number of aliphatic hydroxyl groups is 1. The second kappa shape index (κ2) is 10.0. The number of hydrogen-bond donors (Lipinski definition) is 1. The van der Waals surface area contributed by atoms with Gasteiger partial charge in [-0.15, -0.1) is 0 Å². The maximum absolute atomic E-state index is 12.3. The second-order valence-electron chi connectivity index (χ2n) is 7.34. The number of carbonyl (C=O) groups is 2. The van der Waals surface area contributed by atoms with Crippen LogP contribution < -0.4 is 0 Å². The standard InChI is InChI=1S/C23H26N2O5/c1-16(26)29-20-8-5-9-21(27)22(13-18-7-4-3-6-17(18)12-20)30-23(28)11-10-19-14-25(2)15-24-19/h3-7,9-11,14-15,20-22,27H,8,12-13H2,1-2H3. The Morgan fingerprint density at radius 2 is 1.93 bits per heavy atom. The fourth-order valence-corrected chi connectivity index (χ4v) is 3.41. The van der Waals surface area contributed by atoms with Crippen molar-refractivity contribution in [1.29, 1.82) is 0 Å². The molecule has 0 saturated heterocycles. The van der Waals surface area contributed by atoms with Crippen LogP contribution in [0.15, 0.2) is 55.0 Å². The lowest BCUT2D eigenvalue weighted by molar-refractivity contribution is -0.148. The van der Waals surface area contributed by atoms with Crippen molar-refractivity contribution in [3.8, 4) is 0 Å². The third kappa shape index (κ3) is 6.15. The second-order valence-corrected chi connectivity index (χ2v) is 7.34. The quantitative estimate of drug-likeness (QED) is 0.473. The minimum absolute atomic E-state index is 0.312. The summed E-state index contributed by atoms with van der Waals surface area (Å²) in [5, 5.41) is 10.6. The topological polar surface area (TPSA) is 90.7 Å². The molecule has 1 N–H and O–H groups in total. The van der Waals surface area contributed by atoms with E-state index in [9.17, 15) is 14.7 Å². The van der Waals surface area contributed by atoms with Crippen molar-refractivity contribution in [3.05, 3.63) is 71.8 Å². The lowest BCUT2D eigenvalue weighted by Crippen LogP contribution is -2.33. The molecule has 0 saturated carbocycles. The van der Waals surface area contributed by atoms with Crippen molar-refractivity contribution in [3.63, 3.8) is 0 Å². The first-order chi connectivity index (χ1) is 14.4. The number of hydrogen-bond acceptors (Lipinski definition) is 6. The smallest absolute Gasteiger partial charge is 0.331 e. The van der Waals surface area contributed by atoms with Crippen molar-refractivity contribution < 1.29 is 24.2 Å². The Bertz CT molecular complexity index is 947. The van der Waals surface area contributed by atoms with Crippen molar-refractivity contribution in [1.82, 2.24) is 9.55 Å². The van der Waals surface area contributed by atoms with Gasteiger partial charge in [0.2, 0.25) is 0 Å². The number of benzene rings is 1. The first kappa shape index (κ1) is 21.5. The third-order valence-corrected chi connectivity index (χ3v) is 4.82. The largest absolute Gasteiger partial charge is 0.462 e. The van der Waals surface area contributed by atoms with E-state index in [-0.39, 0.29) is 12.1 Å². The summed E-state index contributed by atoms with van der Waals surface area (Å²) >= 11 is 0. The van der Waals surface area contributed by atoms with E-state index in [4.69, 9.17) is 9.47 Å². The van der Waals surface area contributed by atoms with Crippen LogP contribution in [-0.2, 0) is 39.0 Å². The molecular formula is C23H26N2O5. The van der Waals surface area contributed by atoms with Crippen LogP contribution >= 0.6 is 0 Å². The van der Waals surface area contributed by atoms with Crippen LogP contribution in [0.5, 0.6) is 0 Å². The van der Waals surface area contributed by atoms with E-state index in [1.807, 2.05) is 31.3 Å². The molecule has 158 valence electrons. The fraction of sp³-hybridized carbons (Fsp3) is 0.348. The van der Waals surface area contributed by atoms with Crippen LogP contribution in [0.2, 0.25) is 0 Å². The molecule has 1 aromatic carbocycles. The fourth-order valence-electron chi connectivity index (χ4n) is 3.41. The minimum Gasteiger partial charge on any atom is -0.462 e. The minimum atomic E-state index is -0.985. The molecule has 3 atom stereocenters. The summed E-state index contributed by atoms with van der Waals surface area (Å²) in [6, 6.07) is 7.71. The Morgan fingerprint density at radius 3 is 2.60 bits per heavy atom. The van der Waals surface area contributed by atoms with Crippen LogP contribution in [0.1, 0.15) is 30.2 Å². The van der Waals surface area contributed by atoms with Gasteiger partial charge in [0.15, 0.2) is 0 Å². The highest BCUT2D eigenvalue weighted by Gasteiger charge is 2.25. The van der Waals surface area contributed by atoms with Crippen LogP contribution in [0.3, 0.4) is 0 Å². The zero-order valence-corrected chi connectivity index (χ0v) is 17.1. The van der Waals surface area contributed by atoms with Gasteiger partial charge in [0.1, 0.15) is 18.3 Å². The van der Waals surface area contributed by atoms with Crippen molar-refractivity contribution in [2.45, 2.75) is 44.5 Å². The zero-order chi connectivity index (χ0) is 21.5. The molecule has 3 unspecified atom stereocenters. The number of rotatable bonds is 4. The van der Waals surface area contributed by atoms with Gasteiger partial charge in [0.25, 0.3) is 0 Å². The molecule has 0 fully saturated rings. The number of esters is 2. The van der Waals surface area contributed by atoms with E-state index >= 15 is 0 Å². The highest BCUT2D eigenvalue weighted by atomic mass is 16.6. The zero-order valence-electron chi connectivity index (χ0n) is 17.1. The van der Waals surface area contributed by atoms with E-state index in [2.05, 4.69) is 4.98 Å². The molecule has 0 aliphatic heterocycles.